The van der Waals surface area contributed by atoms with Crippen LogP contribution in [0.4, 0.5) is 4.79 Å². The molecule has 0 aliphatic carbocycles. The first-order valence-corrected chi connectivity index (χ1v) is 15.6. The standard InChI is InChI=1S/C36H49N5O5/c1-35(2,3)22-31(43)40-41(23-26-16-18-27(19-17-26)28-15-11-12-20-37-28)24-30(42)29(21-25-13-9-8-10-14-25)38-33(44)32(36(4,5)6)39-34(45)46-7/h8-20,29-30,32,42H,21-24H2,1-7H3,(H,38,44)(H,39,45)(H,40,43)/t29-,30-,32+/m0/s1. The first-order valence-electron chi connectivity index (χ1n) is 15.6. The maximum absolute atomic E-state index is 13.6. The van der Waals surface area contributed by atoms with Crippen LogP contribution >= 0.6 is 0 Å². The number of ether oxygens (including phenoxy) is 1. The molecule has 0 saturated carbocycles. The van der Waals surface area contributed by atoms with Crippen LogP contribution in [0.25, 0.3) is 11.3 Å². The third-order valence-electron chi connectivity index (χ3n) is 7.34. The second-order valence-corrected chi connectivity index (χ2v) is 13.9. The van der Waals surface area contributed by atoms with Gasteiger partial charge in [-0.3, -0.25) is 20.0 Å². The summed E-state index contributed by atoms with van der Waals surface area (Å²) in [6.07, 6.45) is 0.541. The molecule has 248 valence electrons. The molecule has 3 rings (SSSR count). The van der Waals surface area contributed by atoms with E-state index in [0.717, 1.165) is 22.4 Å². The van der Waals surface area contributed by atoms with Crippen molar-refractivity contribution >= 4 is 17.9 Å². The minimum Gasteiger partial charge on any atom is -0.453 e. The normalized spacial score (nSPS) is 13.8. The Balaban J connectivity index is 1.87. The summed E-state index contributed by atoms with van der Waals surface area (Å²) in [5.74, 6) is -0.630. The molecule has 3 atom stereocenters. The van der Waals surface area contributed by atoms with Crippen LogP contribution in [0.3, 0.4) is 0 Å². The van der Waals surface area contributed by atoms with Gasteiger partial charge in [-0.15, -0.1) is 0 Å². The molecule has 0 saturated heterocycles. The highest BCUT2D eigenvalue weighted by Crippen LogP contribution is 2.22. The average molecular weight is 632 g/mol. The molecule has 0 radical (unpaired) electrons. The van der Waals surface area contributed by atoms with Gasteiger partial charge in [0.15, 0.2) is 0 Å². The van der Waals surface area contributed by atoms with Crippen LogP contribution in [0.5, 0.6) is 0 Å². The Morgan fingerprint density at radius 3 is 2.09 bits per heavy atom. The van der Waals surface area contributed by atoms with Crippen molar-refractivity contribution in [2.24, 2.45) is 10.8 Å². The number of hydrogen-bond donors (Lipinski definition) is 4. The lowest BCUT2D eigenvalue weighted by atomic mass is 9.85. The number of alkyl carbamates (subject to hydrolysis) is 1. The van der Waals surface area contributed by atoms with Crippen molar-refractivity contribution in [2.45, 2.75) is 79.1 Å². The smallest absolute Gasteiger partial charge is 0.407 e. The summed E-state index contributed by atoms with van der Waals surface area (Å²) >= 11 is 0. The summed E-state index contributed by atoms with van der Waals surface area (Å²) in [5, 5.41) is 19.0. The molecule has 10 nitrogen and oxygen atoms in total. The lowest BCUT2D eigenvalue weighted by Crippen LogP contribution is -2.59. The molecule has 3 amide bonds. The van der Waals surface area contributed by atoms with Crippen molar-refractivity contribution in [1.29, 1.82) is 0 Å². The number of aromatic nitrogens is 1. The fourth-order valence-electron chi connectivity index (χ4n) is 5.00. The van der Waals surface area contributed by atoms with E-state index in [4.69, 9.17) is 4.74 Å². The number of pyridine rings is 1. The van der Waals surface area contributed by atoms with E-state index >= 15 is 0 Å². The number of rotatable bonds is 13. The number of carbonyl (C=O) groups excluding carboxylic acids is 3. The summed E-state index contributed by atoms with van der Waals surface area (Å²) in [4.78, 5) is 43.2. The minimum absolute atomic E-state index is 0.0280. The highest BCUT2D eigenvalue weighted by molar-refractivity contribution is 5.86. The van der Waals surface area contributed by atoms with Crippen LogP contribution in [-0.4, -0.2) is 64.8 Å². The molecule has 0 bridgehead atoms. The molecule has 0 spiro atoms. The van der Waals surface area contributed by atoms with Gasteiger partial charge in [0.25, 0.3) is 0 Å². The van der Waals surface area contributed by atoms with Crippen LogP contribution in [-0.2, 0) is 27.3 Å². The van der Waals surface area contributed by atoms with Gasteiger partial charge in [-0.1, -0.05) is 102 Å². The van der Waals surface area contributed by atoms with Crippen LogP contribution in [0.1, 0.15) is 59.1 Å². The average Bonchev–Trinajstić information content (AvgIpc) is 2.99. The Labute approximate surface area is 272 Å². The molecular weight excluding hydrogens is 582 g/mol. The quantitative estimate of drug-likeness (QED) is 0.198. The number of methoxy groups -OCH3 is 1. The summed E-state index contributed by atoms with van der Waals surface area (Å²) in [6, 6.07) is 21.5. The summed E-state index contributed by atoms with van der Waals surface area (Å²) in [6.45, 7) is 11.8. The second-order valence-electron chi connectivity index (χ2n) is 13.9. The molecule has 0 aliphatic heterocycles. The Bertz CT molecular complexity index is 1400. The van der Waals surface area contributed by atoms with Gasteiger partial charge in [0.1, 0.15) is 6.04 Å². The van der Waals surface area contributed by atoms with Crippen LogP contribution in [0.15, 0.2) is 79.0 Å². The van der Waals surface area contributed by atoms with E-state index < -0.39 is 35.6 Å². The van der Waals surface area contributed by atoms with Gasteiger partial charge in [0.05, 0.1) is 24.9 Å². The molecule has 0 unspecified atom stereocenters. The maximum atomic E-state index is 13.6. The van der Waals surface area contributed by atoms with E-state index in [1.807, 2.05) is 114 Å². The fourth-order valence-corrected chi connectivity index (χ4v) is 5.00. The number of aliphatic hydroxyl groups excluding tert-OH is 1. The van der Waals surface area contributed by atoms with E-state index in [9.17, 15) is 19.5 Å². The minimum atomic E-state index is -1.09. The summed E-state index contributed by atoms with van der Waals surface area (Å²) in [7, 11) is 1.24. The first-order chi connectivity index (χ1) is 21.6. The van der Waals surface area contributed by atoms with E-state index in [1.165, 1.54) is 7.11 Å². The predicted octanol–water partition coefficient (Wildman–Crippen LogP) is 4.88. The lowest BCUT2D eigenvalue weighted by Gasteiger charge is -2.34. The van der Waals surface area contributed by atoms with Gasteiger partial charge in [0.2, 0.25) is 11.8 Å². The van der Waals surface area contributed by atoms with Gasteiger partial charge in [0, 0.05) is 31.3 Å². The van der Waals surface area contributed by atoms with Gasteiger partial charge < -0.3 is 20.5 Å². The molecular formula is C36H49N5O5. The third kappa shape index (κ3) is 11.9. The number of benzene rings is 2. The van der Waals surface area contributed by atoms with Gasteiger partial charge >= 0.3 is 6.09 Å². The SMILES string of the molecule is COC(=O)N[C@H](C(=O)N[C@@H](Cc1ccccc1)[C@@H](O)CN(Cc1ccc(-c2ccccn2)cc1)NC(=O)CC(C)(C)C)C(C)(C)C. The summed E-state index contributed by atoms with van der Waals surface area (Å²) in [5.41, 5.74) is 5.76. The zero-order chi connectivity index (χ0) is 33.9. The number of carbonyl (C=O) groups is 3. The Morgan fingerprint density at radius 1 is 0.870 bits per heavy atom. The number of hydrogen-bond acceptors (Lipinski definition) is 7. The number of amides is 3. The van der Waals surface area contributed by atoms with Crippen molar-refractivity contribution in [3.63, 3.8) is 0 Å². The topological polar surface area (TPSA) is 133 Å². The molecule has 1 aromatic heterocycles. The number of aliphatic hydroxyl groups is 1. The number of nitrogens with zero attached hydrogens (tertiary/aromatic N) is 2. The van der Waals surface area contributed by atoms with E-state index in [2.05, 4.69) is 21.0 Å². The zero-order valence-corrected chi connectivity index (χ0v) is 28.0. The van der Waals surface area contributed by atoms with Crippen molar-refractivity contribution in [3.8, 4) is 11.3 Å². The van der Waals surface area contributed by atoms with E-state index in [0.29, 0.717) is 13.0 Å². The lowest BCUT2D eigenvalue weighted by molar-refractivity contribution is -0.130. The molecule has 2 aromatic carbocycles. The van der Waals surface area contributed by atoms with Crippen molar-refractivity contribution in [1.82, 2.24) is 26.1 Å². The Morgan fingerprint density at radius 2 is 1.52 bits per heavy atom. The molecule has 10 heteroatoms. The molecule has 0 aliphatic rings. The first kappa shape index (κ1) is 36.2. The number of hydrazine groups is 1. The molecule has 3 aromatic rings. The van der Waals surface area contributed by atoms with Gasteiger partial charge in [-0.25, -0.2) is 9.80 Å². The molecule has 46 heavy (non-hydrogen) atoms. The monoisotopic (exact) mass is 631 g/mol. The maximum Gasteiger partial charge on any atom is 0.407 e. The Kier molecular flexibility index (Phi) is 12.8. The van der Waals surface area contributed by atoms with Crippen molar-refractivity contribution < 1.29 is 24.2 Å². The number of nitrogens with one attached hydrogen (secondary N) is 3. The highest BCUT2D eigenvalue weighted by Gasteiger charge is 2.36. The molecule has 0 fully saturated rings. The van der Waals surface area contributed by atoms with E-state index in [1.54, 1.807) is 11.2 Å². The fraction of sp³-hybridized carbons (Fsp3) is 0.444. The van der Waals surface area contributed by atoms with Gasteiger partial charge in [-0.2, -0.15) is 0 Å². The van der Waals surface area contributed by atoms with Crippen LogP contribution in [0, 0.1) is 10.8 Å². The zero-order valence-electron chi connectivity index (χ0n) is 28.0. The predicted molar refractivity (Wildman–Crippen MR) is 179 cm³/mol. The van der Waals surface area contributed by atoms with Crippen molar-refractivity contribution in [3.05, 3.63) is 90.1 Å². The second kappa shape index (κ2) is 16.3. The van der Waals surface area contributed by atoms with Crippen molar-refractivity contribution in [2.75, 3.05) is 13.7 Å². The van der Waals surface area contributed by atoms with Crippen LogP contribution < -0.4 is 16.1 Å². The molecule has 1 heterocycles. The van der Waals surface area contributed by atoms with Gasteiger partial charge in [-0.05, 0) is 40.5 Å². The third-order valence-corrected chi connectivity index (χ3v) is 7.34. The van der Waals surface area contributed by atoms with E-state index in [-0.39, 0.29) is 24.3 Å². The largest absolute Gasteiger partial charge is 0.453 e. The Hall–Kier alpha value is -4.28. The molecule has 4 N–H and O–H groups in total. The highest BCUT2D eigenvalue weighted by atomic mass is 16.5. The summed E-state index contributed by atoms with van der Waals surface area (Å²) < 4.78 is 4.76. The van der Waals surface area contributed by atoms with Crippen LogP contribution in [0.2, 0.25) is 0 Å².